The lowest BCUT2D eigenvalue weighted by atomic mass is 10.1. The van der Waals surface area contributed by atoms with Crippen LogP contribution in [0.3, 0.4) is 0 Å². The summed E-state index contributed by atoms with van der Waals surface area (Å²) in [5, 5.41) is 12.4. The highest BCUT2D eigenvalue weighted by Gasteiger charge is 2.29. The fourth-order valence-electron chi connectivity index (χ4n) is 3.43. The summed E-state index contributed by atoms with van der Waals surface area (Å²) in [6.07, 6.45) is 4.27. The van der Waals surface area contributed by atoms with Crippen LogP contribution in [0.1, 0.15) is 25.6 Å². The third-order valence-electron chi connectivity index (χ3n) is 4.99. The molecule has 2 aliphatic rings. The number of nitrogens with one attached hydrogen (secondary N) is 1. The molecule has 0 aliphatic carbocycles. The zero-order chi connectivity index (χ0) is 20.8. The second-order valence-corrected chi connectivity index (χ2v) is 8.11. The van der Waals surface area contributed by atoms with Crippen molar-refractivity contribution < 1.29 is 19.4 Å². The van der Waals surface area contributed by atoms with Gasteiger partial charge in [0.05, 0.1) is 18.7 Å². The van der Waals surface area contributed by atoms with Crippen LogP contribution in [0.15, 0.2) is 28.7 Å². The Bertz CT molecular complexity index is 819. The Morgan fingerprint density at radius 1 is 1.45 bits per heavy atom. The van der Waals surface area contributed by atoms with Crippen LogP contribution in [0.5, 0.6) is 0 Å². The molecule has 1 aromatic rings. The van der Waals surface area contributed by atoms with Gasteiger partial charge in [-0.25, -0.2) is 9.78 Å². The predicted molar refractivity (Wildman–Crippen MR) is 111 cm³/mol. The molecule has 0 saturated carbocycles. The molecule has 29 heavy (non-hydrogen) atoms. The van der Waals surface area contributed by atoms with Crippen LogP contribution in [0.2, 0.25) is 0 Å². The van der Waals surface area contributed by atoms with Gasteiger partial charge in [0.2, 0.25) is 0 Å². The summed E-state index contributed by atoms with van der Waals surface area (Å²) < 4.78 is 7.10. The van der Waals surface area contributed by atoms with E-state index in [1.54, 1.807) is 13.1 Å². The predicted octanol–water partition coefficient (Wildman–Crippen LogP) is 0.869. The molecular formula is C19H27N5O4S. The molecule has 1 aromatic heterocycles. The molecule has 1 unspecified atom stereocenters. The molecule has 1 fully saturated rings. The van der Waals surface area contributed by atoms with E-state index >= 15 is 0 Å². The highest BCUT2D eigenvalue weighted by atomic mass is 32.2. The van der Waals surface area contributed by atoms with Gasteiger partial charge in [-0.05, 0) is 13.3 Å². The van der Waals surface area contributed by atoms with Crippen LogP contribution in [0.25, 0.3) is 0 Å². The average Bonchev–Trinajstić information content (AvgIpc) is 3.13. The fraction of sp³-hybridized carbons (Fsp3) is 0.579. The molecular weight excluding hydrogens is 394 g/mol. The topological polar surface area (TPSA) is 109 Å². The summed E-state index contributed by atoms with van der Waals surface area (Å²) in [5.74, 6) is 2.02. The molecule has 2 N–H and O–H groups in total. The zero-order valence-electron chi connectivity index (χ0n) is 16.8. The van der Waals surface area contributed by atoms with Crippen molar-refractivity contribution in [1.29, 1.82) is 0 Å². The number of ether oxygens (including phenoxy) is 1. The number of hydrogen-bond donors (Lipinski definition) is 2. The average molecular weight is 422 g/mol. The molecule has 2 aliphatic heterocycles. The molecule has 0 bridgehead atoms. The van der Waals surface area contributed by atoms with E-state index in [2.05, 4.69) is 20.2 Å². The minimum Gasteiger partial charge on any atom is -0.481 e. The van der Waals surface area contributed by atoms with Crippen molar-refractivity contribution in [2.24, 2.45) is 12.0 Å². The molecule has 0 aromatic carbocycles. The molecule has 0 spiro atoms. The standard InChI is InChI=1S/C19H27N5O4S/c1-3-28-19(27)14-10-21-17(18-20-6-7-23(18)2)22-15(14)11-24-8-9-29-12-13(24)4-5-16(25)26/h6-7,13H,3-5,8-12H2,1-2H3,(H,21,22)(H,25,26). The van der Waals surface area contributed by atoms with Crippen LogP contribution in [-0.2, 0) is 21.4 Å². The summed E-state index contributed by atoms with van der Waals surface area (Å²) in [4.78, 5) is 34.6. The van der Waals surface area contributed by atoms with Gasteiger partial charge in [0.15, 0.2) is 11.7 Å². The Morgan fingerprint density at radius 3 is 2.97 bits per heavy atom. The number of carbonyl (C=O) groups excluding carboxylic acids is 1. The molecule has 1 saturated heterocycles. The molecule has 3 heterocycles. The number of aromatic nitrogens is 2. The smallest absolute Gasteiger partial charge is 0.337 e. The van der Waals surface area contributed by atoms with Gasteiger partial charge in [-0.3, -0.25) is 14.7 Å². The van der Waals surface area contributed by atoms with E-state index in [9.17, 15) is 9.59 Å². The van der Waals surface area contributed by atoms with Gasteiger partial charge in [-0.15, -0.1) is 0 Å². The quantitative estimate of drug-likeness (QED) is 0.595. The van der Waals surface area contributed by atoms with E-state index in [1.807, 2.05) is 29.6 Å². The van der Waals surface area contributed by atoms with Crippen molar-refractivity contribution in [2.45, 2.75) is 25.8 Å². The van der Waals surface area contributed by atoms with Crippen LogP contribution in [-0.4, -0.2) is 81.1 Å². The van der Waals surface area contributed by atoms with Crippen molar-refractivity contribution in [3.05, 3.63) is 29.5 Å². The maximum Gasteiger partial charge on any atom is 0.337 e. The summed E-state index contributed by atoms with van der Waals surface area (Å²) in [6, 6.07) is 0.151. The van der Waals surface area contributed by atoms with Gasteiger partial charge in [0.1, 0.15) is 0 Å². The molecule has 158 valence electrons. The van der Waals surface area contributed by atoms with Gasteiger partial charge in [0.25, 0.3) is 0 Å². The lowest BCUT2D eigenvalue weighted by Gasteiger charge is -2.36. The number of carbonyl (C=O) groups is 2. The Labute approximate surface area is 174 Å². The molecule has 0 radical (unpaired) electrons. The molecule has 9 nitrogen and oxygen atoms in total. The molecule has 1 atom stereocenters. The molecule has 3 rings (SSSR count). The van der Waals surface area contributed by atoms with Gasteiger partial charge >= 0.3 is 11.9 Å². The highest BCUT2D eigenvalue weighted by Crippen LogP contribution is 2.23. The number of amidine groups is 1. The van der Waals surface area contributed by atoms with Crippen molar-refractivity contribution in [2.75, 3.05) is 37.7 Å². The normalized spacial score (nSPS) is 20.2. The first-order valence-electron chi connectivity index (χ1n) is 9.71. The number of rotatable bonds is 8. The minimum absolute atomic E-state index is 0.138. The van der Waals surface area contributed by atoms with Gasteiger partial charge < -0.3 is 19.7 Å². The largest absolute Gasteiger partial charge is 0.481 e. The third-order valence-corrected chi connectivity index (χ3v) is 6.08. The van der Waals surface area contributed by atoms with Crippen molar-refractivity contribution >= 4 is 29.5 Å². The number of imidazole rings is 1. The van der Waals surface area contributed by atoms with E-state index in [-0.39, 0.29) is 25.0 Å². The minimum atomic E-state index is -0.785. The molecule has 10 heteroatoms. The summed E-state index contributed by atoms with van der Waals surface area (Å²) in [7, 11) is 1.89. The highest BCUT2D eigenvalue weighted by molar-refractivity contribution is 7.99. The van der Waals surface area contributed by atoms with Crippen LogP contribution >= 0.6 is 11.8 Å². The van der Waals surface area contributed by atoms with Gasteiger partial charge in [-0.1, -0.05) is 0 Å². The first kappa shape index (κ1) is 21.4. The monoisotopic (exact) mass is 421 g/mol. The zero-order valence-corrected chi connectivity index (χ0v) is 17.6. The van der Waals surface area contributed by atoms with E-state index < -0.39 is 5.97 Å². The number of aryl methyl sites for hydroxylation is 1. The SMILES string of the molecule is CCOC(=O)C1=C(CN2CCSCC2CCC(=O)O)NC(c2nccn2C)=NC1. The maximum absolute atomic E-state index is 12.5. The third kappa shape index (κ3) is 5.39. The summed E-state index contributed by atoms with van der Waals surface area (Å²) in [5.41, 5.74) is 1.27. The summed E-state index contributed by atoms with van der Waals surface area (Å²) in [6.45, 7) is 3.66. The fourth-order valence-corrected chi connectivity index (χ4v) is 4.61. The Hall–Kier alpha value is -2.33. The van der Waals surface area contributed by atoms with Crippen molar-refractivity contribution in [3.63, 3.8) is 0 Å². The Balaban J connectivity index is 1.81. The number of thioether (sulfide) groups is 1. The van der Waals surface area contributed by atoms with E-state index in [0.717, 1.165) is 23.7 Å². The first-order valence-corrected chi connectivity index (χ1v) is 10.9. The summed E-state index contributed by atoms with van der Waals surface area (Å²) >= 11 is 1.84. The van der Waals surface area contributed by atoms with Crippen molar-refractivity contribution in [3.8, 4) is 0 Å². The Morgan fingerprint density at radius 2 is 2.28 bits per heavy atom. The second kappa shape index (κ2) is 9.93. The number of carboxylic acid groups (broad SMARTS) is 1. The van der Waals surface area contributed by atoms with Crippen LogP contribution < -0.4 is 5.32 Å². The number of aliphatic imine (C=N–C) groups is 1. The maximum atomic E-state index is 12.5. The van der Waals surface area contributed by atoms with E-state index in [4.69, 9.17) is 9.84 Å². The van der Waals surface area contributed by atoms with E-state index in [1.165, 1.54) is 0 Å². The van der Waals surface area contributed by atoms with Gasteiger partial charge in [-0.2, -0.15) is 11.8 Å². The lowest BCUT2D eigenvalue weighted by Crippen LogP contribution is -2.47. The van der Waals surface area contributed by atoms with Crippen LogP contribution in [0.4, 0.5) is 0 Å². The second-order valence-electron chi connectivity index (χ2n) is 6.96. The van der Waals surface area contributed by atoms with Crippen LogP contribution in [0, 0.1) is 0 Å². The number of esters is 1. The molecule has 0 amide bonds. The number of nitrogens with zero attached hydrogens (tertiary/aromatic N) is 4. The number of aliphatic carboxylic acids is 1. The van der Waals surface area contributed by atoms with Crippen molar-refractivity contribution in [1.82, 2.24) is 19.8 Å². The number of carboxylic acids is 1. The number of hydrogen-bond acceptors (Lipinski definition) is 8. The van der Waals surface area contributed by atoms with Gasteiger partial charge in [0, 0.05) is 62.2 Å². The lowest BCUT2D eigenvalue weighted by molar-refractivity contribution is -0.139. The Kier molecular flexibility index (Phi) is 7.32. The van der Waals surface area contributed by atoms with E-state index in [0.29, 0.717) is 36.8 Å². The first-order chi connectivity index (χ1) is 14.0.